The first-order chi connectivity index (χ1) is 12.0. The van der Waals surface area contributed by atoms with E-state index in [4.69, 9.17) is 0 Å². The van der Waals surface area contributed by atoms with Gasteiger partial charge in [-0.1, -0.05) is 12.1 Å². The molecule has 0 saturated carbocycles. The summed E-state index contributed by atoms with van der Waals surface area (Å²) in [5.74, 6) is -1.13. The van der Waals surface area contributed by atoms with Gasteiger partial charge >= 0.3 is 0 Å². The highest BCUT2D eigenvalue weighted by molar-refractivity contribution is 5.79. The van der Waals surface area contributed by atoms with Crippen molar-refractivity contribution >= 4 is 16.8 Å². The molecule has 0 aliphatic heterocycles. The van der Waals surface area contributed by atoms with Crippen molar-refractivity contribution in [3.63, 3.8) is 0 Å². The third-order valence-corrected chi connectivity index (χ3v) is 3.75. The van der Waals surface area contributed by atoms with Crippen LogP contribution in [-0.4, -0.2) is 22.0 Å². The van der Waals surface area contributed by atoms with Crippen molar-refractivity contribution in [1.29, 1.82) is 0 Å². The average Bonchev–Trinajstić information content (AvgIpc) is 2.59. The number of fused-ring (bicyclic) bond motifs is 1. The normalized spacial score (nSPS) is 10.8. The van der Waals surface area contributed by atoms with Crippen LogP contribution in [0.25, 0.3) is 10.9 Å². The number of aromatic nitrogens is 2. The molecule has 7 heteroatoms. The fraction of sp³-hybridized carbons (Fsp3) is 0.167. The SMILES string of the molecule is O=C(Cn1cnc2cc(F)ccc2c1=O)NCCc1ccc(F)cc1. The lowest BCUT2D eigenvalue weighted by molar-refractivity contribution is -0.121. The van der Waals surface area contributed by atoms with Crippen LogP contribution < -0.4 is 10.9 Å². The molecular weight excluding hydrogens is 328 g/mol. The number of amides is 1. The van der Waals surface area contributed by atoms with E-state index in [1.807, 2.05) is 0 Å². The van der Waals surface area contributed by atoms with Gasteiger partial charge in [0, 0.05) is 12.6 Å². The van der Waals surface area contributed by atoms with Crippen molar-refractivity contribution < 1.29 is 13.6 Å². The van der Waals surface area contributed by atoms with E-state index >= 15 is 0 Å². The second-order valence-electron chi connectivity index (χ2n) is 5.57. The second kappa shape index (κ2) is 7.21. The third-order valence-electron chi connectivity index (χ3n) is 3.75. The van der Waals surface area contributed by atoms with Crippen LogP contribution in [0.2, 0.25) is 0 Å². The molecule has 128 valence electrons. The molecule has 25 heavy (non-hydrogen) atoms. The standard InChI is InChI=1S/C18H15F2N3O2/c19-13-3-1-12(2-4-13)7-8-21-17(24)10-23-11-22-16-9-14(20)5-6-15(16)18(23)25/h1-6,9,11H,7-8,10H2,(H,21,24). The summed E-state index contributed by atoms with van der Waals surface area (Å²) in [6.45, 7) is 0.188. The molecule has 5 nitrogen and oxygen atoms in total. The van der Waals surface area contributed by atoms with Crippen LogP contribution in [-0.2, 0) is 17.8 Å². The topological polar surface area (TPSA) is 64.0 Å². The predicted molar refractivity (Wildman–Crippen MR) is 89.1 cm³/mol. The molecule has 0 unspecified atom stereocenters. The Balaban J connectivity index is 1.62. The van der Waals surface area contributed by atoms with Gasteiger partial charge in [-0.15, -0.1) is 0 Å². The zero-order valence-corrected chi connectivity index (χ0v) is 13.2. The molecule has 1 heterocycles. The van der Waals surface area contributed by atoms with Gasteiger partial charge in [0.1, 0.15) is 18.2 Å². The molecule has 0 spiro atoms. The monoisotopic (exact) mass is 343 g/mol. The first-order valence-electron chi connectivity index (χ1n) is 7.69. The average molecular weight is 343 g/mol. The van der Waals surface area contributed by atoms with E-state index in [1.165, 1.54) is 41.2 Å². The van der Waals surface area contributed by atoms with Crippen LogP contribution in [0.15, 0.2) is 53.6 Å². The molecule has 0 saturated heterocycles. The van der Waals surface area contributed by atoms with Crippen molar-refractivity contribution in [2.75, 3.05) is 6.54 Å². The van der Waals surface area contributed by atoms with E-state index in [9.17, 15) is 18.4 Å². The Hall–Kier alpha value is -3.09. The molecule has 2 aromatic carbocycles. The minimum absolute atomic E-state index is 0.178. The highest BCUT2D eigenvalue weighted by Crippen LogP contribution is 2.08. The summed E-state index contributed by atoms with van der Waals surface area (Å²) < 4.78 is 27.1. The first kappa shape index (κ1) is 16.8. The Morgan fingerprint density at radius 1 is 1.08 bits per heavy atom. The lowest BCUT2D eigenvalue weighted by Crippen LogP contribution is -2.33. The van der Waals surface area contributed by atoms with Crippen LogP contribution in [0.5, 0.6) is 0 Å². The van der Waals surface area contributed by atoms with Crippen LogP contribution in [0.4, 0.5) is 8.78 Å². The Morgan fingerprint density at radius 2 is 1.80 bits per heavy atom. The lowest BCUT2D eigenvalue weighted by atomic mass is 10.1. The van der Waals surface area contributed by atoms with Crippen LogP contribution >= 0.6 is 0 Å². The summed E-state index contributed by atoms with van der Waals surface area (Å²) in [6, 6.07) is 9.72. The number of carbonyl (C=O) groups is 1. The van der Waals surface area contributed by atoms with E-state index in [-0.39, 0.29) is 29.2 Å². The van der Waals surface area contributed by atoms with Crippen LogP contribution in [0.3, 0.4) is 0 Å². The quantitative estimate of drug-likeness (QED) is 0.771. The molecule has 3 aromatic rings. The van der Waals surface area contributed by atoms with Gasteiger partial charge in [-0.3, -0.25) is 14.2 Å². The van der Waals surface area contributed by atoms with Crippen LogP contribution in [0, 0.1) is 11.6 Å². The minimum Gasteiger partial charge on any atom is -0.354 e. The van der Waals surface area contributed by atoms with Crippen molar-refractivity contribution in [1.82, 2.24) is 14.9 Å². The van der Waals surface area contributed by atoms with Gasteiger partial charge in [-0.2, -0.15) is 0 Å². The van der Waals surface area contributed by atoms with E-state index in [0.29, 0.717) is 13.0 Å². The Bertz CT molecular complexity index is 968. The van der Waals surface area contributed by atoms with Gasteiger partial charge in [-0.25, -0.2) is 13.8 Å². The molecule has 0 aliphatic rings. The number of hydrogen-bond acceptors (Lipinski definition) is 3. The molecule has 1 N–H and O–H groups in total. The summed E-state index contributed by atoms with van der Waals surface area (Å²) in [7, 11) is 0. The van der Waals surface area contributed by atoms with Crippen molar-refractivity contribution in [3.8, 4) is 0 Å². The maximum atomic E-state index is 13.1. The highest BCUT2D eigenvalue weighted by Gasteiger charge is 2.08. The lowest BCUT2D eigenvalue weighted by Gasteiger charge is -2.08. The molecule has 0 bridgehead atoms. The van der Waals surface area contributed by atoms with E-state index in [2.05, 4.69) is 10.3 Å². The summed E-state index contributed by atoms with van der Waals surface area (Å²) in [4.78, 5) is 28.3. The Labute approximate surface area is 141 Å². The molecule has 0 fully saturated rings. The van der Waals surface area contributed by atoms with Crippen molar-refractivity contribution in [2.45, 2.75) is 13.0 Å². The molecule has 0 atom stereocenters. The molecular formula is C18H15F2N3O2. The summed E-state index contributed by atoms with van der Waals surface area (Å²) >= 11 is 0. The fourth-order valence-electron chi connectivity index (χ4n) is 2.45. The van der Waals surface area contributed by atoms with Gasteiger partial charge in [-0.05, 0) is 36.2 Å². The Morgan fingerprint density at radius 3 is 2.56 bits per heavy atom. The van der Waals surface area contributed by atoms with Crippen molar-refractivity contribution in [3.05, 3.63) is 76.3 Å². The number of nitrogens with one attached hydrogen (secondary N) is 1. The number of nitrogens with zero attached hydrogens (tertiary/aromatic N) is 2. The van der Waals surface area contributed by atoms with Gasteiger partial charge in [0.15, 0.2) is 0 Å². The van der Waals surface area contributed by atoms with Crippen LogP contribution in [0.1, 0.15) is 5.56 Å². The molecule has 0 aliphatic carbocycles. The largest absolute Gasteiger partial charge is 0.354 e. The number of hydrogen-bond donors (Lipinski definition) is 1. The first-order valence-corrected chi connectivity index (χ1v) is 7.69. The zero-order chi connectivity index (χ0) is 17.8. The number of carbonyl (C=O) groups excluding carboxylic acids is 1. The molecule has 3 rings (SSSR count). The third kappa shape index (κ3) is 4.06. The van der Waals surface area contributed by atoms with Gasteiger partial charge in [0.05, 0.1) is 17.2 Å². The molecule has 0 radical (unpaired) electrons. The van der Waals surface area contributed by atoms with Gasteiger partial charge in [0.2, 0.25) is 5.91 Å². The summed E-state index contributed by atoms with van der Waals surface area (Å²) in [6.07, 6.45) is 1.78. The highest BCUT2D eigenvalue weighted by atomic mass is 19.1. The van der Waals surface area contributed by atoms with Crippen molar-refractivity contribution in [2.24, 2.45) is 0 Å². The van der Waals surface area contributed by atoms with E-state index in [1.54, 1.807) is 12.1 Å². The number of benzene rings is 2. The van der Waals surface area contributed by atoms with E-state index in [0.717, 1.165) is 5.56 Å². The molecule has 1 amide bonds. The molecule has 1 aromatic heterocycles. The maximum absolute atomic E-state index is 13.1. The number of halogens is 2. The smallest absolute Gasteiger partial charge is 0.261 e. The maximum Gasteiger partial charge on any atom is 0.261 e. The fourth-order valence-corrected chi connectivity index (χ4v) is 2.45. The zero-order valence-electron chi connectivity index (χ0n) is 13.2. The van der Waals surface area contributed by atoms with Gasteiger partial charge in [0.25, 0.3) is 5.56 Å². The predicted octanol–water partition coefficient (Wildman–Crippen LogP) is 2.03. The number of rotatable bonds is 5. The summed E-state index contributed by atoms with van der Waals surface area (Å²) in [5.41, 5.74) is 0.741. The Kier molecular flexibility index (Phi) is 4.83. The van der Waals surface area contributed by atoms with Gasteiger partial charge < -0.3 is 5.32 Å². The summed E-state index contributed by atoms with van der Waals surface area (Å²) in [5, 5.41) is 2.95. The second-order valence-corrected chi connectivity index (χ2v) is 5.57. The van der Waals surface area contributed by atoms with E-state index < -0.39 is 11.4 Å². The minimum atomic E-state index is -0.476.